The zero-order valence-electron chi connectivity index (χ0n) is 10.3. The number of amidine groups is 1. The molecule has 1 aromatic rings. The average Bonchev–Trinajstić information content (AvgIpc) is 2.73. The van der Waals surface area contributed by atoms with Gasteiger partial charge in [-0.2, -0.15) is 0 Å². The summed E-state index contributed by atoms with van der Waals surface area (Å²) in [6.07, 6.45) is 0.321. The zero-order valence-corrected chi connectivity index (χ0v) is 10.3. The van der Waals surface area contributed by atoms with Crippen molar-refractivity contribution in [2.45, 2.75) is 19.9 Å². The van der Waals surface area contributed by atoms with Crippen molar-refractivity contribution in [2.75, 3.05) is 6.54 Å². The predicted molar refractivity (Wildman–Crippen MR) is 68.1 cm³/mol. The molecule has 2 rings (SSSR count). The van der Waals surface area contributed by atoms with Crippen molar-refractivity contribution in [3.05, 3.63) is 35.4 Å². The normalized spacial score (nSPS) is 20.5. The topological polar surface area (TPSA) is 78.9 Å². The summed E-state index contributed by atoms with van der Waals surface area (Å²) in [6.45, 7) is 3.12. The number of amides is 1. The van der Waals surface area contributed by atoms with Gasteiger partial charge >= 0.3 is 0 Å². The summed E-state index contributed by atoms with van der Waals surface area (Å²) < 4.78 is 0. The van der Waals surface area contributed by atoms with Crippen molar-refractivity contribution >= 4 is 11.7 Å². The highest BCUT2D eigenvalue weighted by Gasteiger charge is 2.32. The van der Waals surface area contributed by atoms with E-state index in [2.05, 4.69) is 5.16 Å². The fourth-order valence-electron chi connectivity index (χ4n) is 2.12. The third-order valence-electron chi connectivity index (χ3n) is 3.24. The van der Waals surface area contributed by atoms with Crippen molar-refractivity contribution in [3.63, 3.8) is 0 Å². The fraction of sp³-hybridized carbons (Fsp3) is 0.385. The number of carbonyl (C=O) groups excluding carboxylic acids is 1. The second kappa shape index (κ2) is 5.08. The van der Waals surface area contributed by atoms with E-state index in [0.717, 1.165) is 5.56 Å². The molecular weight excluding hydrogens is 230 g/mol. The number of nitrogens with zero attached hydrogens (tertiary/aromatic N) is 2. The highest BCUT2D eigenvalue weighted by molar-refractivity contribution is 5.91. The average molecular weight is 247 g/mol. The SMILES string of the molecule is Cc1ccc(CN2C[C@H](/C(N)=N\O)CC2=O)cc1. The van der Waals surface area contributed by atoms with E-state index in [0.29, 0.717) is 19.5 Å². The van der Waals surface area contributed by atoms with Gasteiger partial charge in [0.05, 0.1) is 0 Å². The van der Waals surface area contributed by atoms with Gasteiger partial charge in [-0.25, -0.2) is 0 Å². The lowest BCUT2D eigenvalue weighted by Gasteiger charge is -2.16. The zero-order chi connectivity index (χ0) is 13.1. The third-order valence-corrected chi connectivity index (χ3v) is 3.24. The Labute approximate surface area is 106 Å². The van der Waals surface area contributed by atoms with Crippen LogP contribution in [0.25, 0.3) is 0 Å². The molecule has 0 spiro atoms. The molecule has 1 aromatic carbocycles. The Hall–Kier alpha value is -2.04. The monoisotopic (exact) mass is 247 g/mol. The van der Waals surface area contributed by atoms with Crippen LogP contribution < -0.4 is 5.73 Å². The highest BCUT2D eigenvalue weighted by Crippen LogP contribution is 2.20. The molecule has 1 amide bonds. The van der Waals surface area contributed by atoms with E-state index >= 15 is 0 Å². The van der Waals surface area contributed by atoms with E-state index in [-0.39, 0.29) is 17.7 Å². The molecule has 1 aliphatic rings. The third kappa shape index (κ3) is 2.61. The van der Waals surface area contributed by atoms with Gasteiger partial charge in [0.1, 0.15) is 5.84 Å². The summed E-state index contributed by atoms with van der Waals surface area (Å²) in [5, 5.41) is 11.6. The Balaban J connectivity index is 2.02. The minimum Gasteiger partial charge on any atom is -0.409 e. The Morgan fingerprint density at radius 3 is 2.78 bits per heavy atom. The summed E-state index contributed by atoms with van der Waals surface area (Å²) >= 11 is 0. The van der Waals surface area contributed by atoms with E-state index in [1.165, 1.54) is 5.56 Å². The van der Waals surface area contributed by atoms with Gasteiger partial charge < -0.3 is 15.8 Å². The molecule has 0 saturated carbocycles. The van der Waals surface area contributed by atoms with Crippen LogP contribution in [0, 0.1) is 12.8 Å². The first-order valence-corrected chi connectivity index (χ1v) is 5.91. The molecule has 0 aromatic heterocycles. The molecule has 1 heterocycles. The molecule has 0 aliphatic carbocycles. The lowest BCUT2D eigenvalue weighted by atomic mass is 10.1. The summed E-state index contributed by atoms with van der Waals surface area (Å²) in [5.74, 6) is 0.00915. The Bertz CT molecular complexity index is 468. The number of aryl methyl sites for hydroxylation is 1. The Kier molecular flexibility index (Phi) is 3.50. The van der Waals surface area contributed by atoms with Gasteiger partial charge in [-0.1, -0.05) is 35.0 Å². The van der Waals surface area contributed by atoms with Gasteiger partial charge in [-0.15, -0.1) is 0 Å². The standard InChI is InChI=1S/C13H17N3O2/c1-9-2-4-10(5-3-9)7-16-8-11(6-12(16)17)13(14)15-18/h2-5,11,18H,6-8H2,1H3,(H2,14,15)/t11-/m1/s1. The molecule has 5 heteroatoms. The van der Waals surface area contributed by atoms with Crippen LogP contribution in [-0.4, -0.2) is 28.4 Å². The van der Waals surface area contributed by atoms with Crippen LogP contribution in [0.3, 0.4) is 0 Å². The van der Waals surface area contributed by atoms with Gasteiger partial charge in [0, 0.05) is 25.4 Å². The number of rotatable bonds is 3. The van der Waals surface area contributed by atoms with Crippen LogP contribution in [0.2, 0.25) is 0 Å². The number of benzene rings is 1. The second-order valence-electron chi connectivity index (χ2n) is 4.69. The maximum absolute atomic E-state index is 11.8. The largest absolute Gasteiger partial charge is 0.409 e. The molecule has 1 atom stereocenters. The van der Waals surface area contributed by atoms with E-state index in [4.69, 9.17) is 10.9 Å². The smallest absolute Gasteiger partial charge is 0.223 e. The Morgan fingerprint density at radius 2 is 2.17 bits per heavy atom. The number of likely N-dealkylation sites (tertiary alicyclic amines) is 1. The maximum Gasteiger partial charge on any atom is 0.223 e. The number of carbonyl (C=O) groups is 1. The van der Waals surface area contributed by atoms with Crippen LogP contribution in [0.1, 0.15) is 17.5 Å². The molecule has 0 bridgehead atoms. The van der Waals surface area contributed by atoms with Crippen LogP contribution in [0.15, 0.2) is 29.4 Å². The molecule has 1 saturated heterocycles. The summed E-state index contributed by atoms with van der Waals surface area (Å²) in [7, 11) is 0. The first-order valence-electron chi connectivity index (χ1n) is 5.91. The van der Waals surface area contributed by atoms with Gasteiger partial charge in [0.15, 0.2) is 0 Å². The van der Waals surface area contributed by atoms with Crippen LogP contribution in [0.4, 0.5) is 0 Å². The lowest BCUT2D eigenvalue weighted by molar-refractivity contribution is -0.128. The van der Waals surface area contributed by atoms with Crippen LogP contribution >= 0.6 is 0 Å². The van der Waals surface area contributed by atoms with Gasteiger partial charge in [-0.05, 0) is 12.5 Å². The molecular formula is C13H17N3O2. The van der Waals surface area contributed by atoms with Crippen molar-refractivity contribution in [1.29, 1.82) is 0 Å². The first-order chi connectivity index (χ1) is 8.60. The fourth-order valence-corrected chi connectivity index (χ4v) is 2.12. The van der Waals surface area contributed by atoms with E-state index in [9.17, 15) is 4.79 Å². The van der Waals surface area contributed by atoms with E-state index in [1.54, 1.807) is 4.90 Å². The number of oxime groups is 1. The number of hydrogen-bond acceptors (Lipinski definition) is 3. The minimum atomic E-state index is -0.173. The minimum absolute atomic E-state index is 0.0483. The summed E-state index contributed by atoms with van der Waals surface area (Å²) in [6, 6.07) is 8.08. The Morgan fingerprint density at radius 1 is 1.50 bits per heavy atom. The summed E-state index contributed by atoms with van der Waals surface area (Å²) in [4.78, 5) is 13.6. The lowest BCUT2D eigenvalue weighted by Crippen LogP contribution is -2.28. The molecule has 5 nitrogen and oxygen atoms in total. The summed E-state index contributed by atoms with van der Waals surface area (Å²) in [5.41, 5.74) is 7.82. The number of nitrogens with two attached hydrogens (primary N) is 1. The number of hydrogen-bond donors (Lipinski definition) is 2. The maximum atomic E-state index is 11.8. The second-order valence-corrected chi connectivity index (χ2v) is 4.69. The van der Waals surface area contributed by atoms with E-state index < -0.39 is 0 Å². The van der Waals surface area contributed by atoms with Gasteiger partial charge in [0.2, 0.25) is 5.91 Å². The molecule has 18 heavy (non-hydrogen) atoms. The van der Waals surface area contributed by atoms with Crippen LogP contribution in [0.5, 0.6) is 0 Å². The van der Waals surface area contributed by atoms with Crippen molar-refractivity contribution in [3.8, 4) is 0 Å². The predicted octanol–water partition coefficient (Wildman–Crippen LogP) is 1.09. The van der Waals surface area contributed by atoms with Gasteiger partial charge in [0.25, 0.3) is 0 Å². The van der Waals surface area contributed by atoms with E-state index in [1.807, 2.05) is 31.2 Å². The molecule has 0 unspecified atom stereocenters. The van der Waals surface area contributed by atoms with Crippen LogP contribution in [-0.2, 0) is 11.3 Å². The van der Waals surface area contributed by atoms with Crippen molar-refractivity contribution in [2.24, 2.45) is 16.8 Å². The van der Waals surface area contributed by atoms with Gasteiger partial charge in [-0.3, -0.25) is 4.79 Å². The highest BCUT2D eigenvalue weighted by atomic mass is 16.4. The molecule has 1 fully saturated rings. The van der Waals surface area contributed by atoms with Crippen molar-refractivity contribution < 1.29 is 10.0 Å². The van der Waals surface area contributed by atoms with Crippen molar-refractivity contribution in [1.82, 2.24) is 4.90 Å². The molecule has 96 valence electrons. The quantitative estimate of drug-likeness (QED) is 0.363. The molecule has 1 aliphatic heterocycles. The molecule has 0 radical (unpaired) electrons. The first kappa shape index (κ1) is 12.4. The molecule has 3 N–H and O–H groups in total.